The van der Waals surface area contributed by atoms with E-state index >= 15 is 0 Å². The van der Waals surface area contributed by atoms with E-state index in [-0.39, 0.29) is 5.88 Å². The molecule has 0 atom stereocenters. The topological polar surface area (TPSA) is 68.6 Å². The summed E-state index contributed by atoms with van der Waals surface area (Å²) in [5.74, 6) is -0.351. The lowest BCUT2D eigenvalue weighted by atomic mass is 10.2. The van der Waals surface area contributed by atoms with Crippen LogP contribution in [-0.4, -0.2) is 25.3 Å². The van der Waals surface area contributed by atoms with Gasteiger partial charge in [0, 0.05) is 16.5 Å². The summed E-state index contributed by atoms with van der Waals surface area (Å²) in [4.78, 5) is 5.21. The van der Waals surface area contributed by atoms with E-state index in [1.165, 1.54) is 11.0 Å². The molecule has 0 aliphatic heterocycles. The third kappa shape index (κ3) is 2.60. The molecule has 0 unspecified atom stereocenters. The van der Waals surface area contributed by atoms with Crippen LogP contribution in [0, 0.1) is 0 Å². The minimum Gasteiger partial charge on any atom is -0.858 e. The Balaban J connectivity index is 2.30. The predicted molar refractivity (Wildman–Crippen MR) is 64.4 cm³/mol. The fourth-order valence-electron chi connectivity index (χ4n) is 1.26. The molecule has 0 saturated carbocycles. The minimum absolute atomic E-state index is 0.119. The molecule has 0 saturated heterocycles. The second kappa shape index (κ2) is 5.05. The van der Waals surface area contributed by atoms with Crippen molar-refractivity contribution in [2.45, 2.75) is 0 Å². The minimum atomic E-state index is -0.470. The molecule has 0 radical (unpaired) electrons. The zero-order valence-electron chi connectivity index (χ0n) is 9.87. The lowest BCUT2D eigenvalue weighted by Gasteiger charge is -2.10. The molecule has 0 fully saturated rings. The standard InChI is InChI=1S/C11H11ClN4O2/c1-15(2)16-7-10(18-14-16)13-11(17)8-5-3-4-6-9(8)12/h3-7H,1-2H3. The monoisotopic (exact) mass is 266 g/mol. The number of nitrogens with zero attached hydrogens (tertiary/aromatic N) is 4. The summed E-state index contributed by atoms with van der Waals surface area (Å²) < 4.78 is 4.90. The van der Waals surface area contributed by atoms with Gasteiger partial charge in [-0.2, -0.15) is 5.01 Å². The highest BCUT2D eigenvalue weighted by molar-refractivity contribution is 6.33. The van der Waals surface area contributed by atoms with Crippen LogP contribution < -0.4 is 14.9 Å². The van der Waals surface area contributed by atoms with Crippen molar-refractivity contribution in [3.63, 3.8) is 0 Å². The maximum absolute atomic E-state index is 11.9. The number of hydrogen-bond acceptors (Lipinski definition) is 5. The van der Waals surface area contributed by atoms with Gasteiger partial charge in [0.2, 0.25) is 5.27 Å². The molecule has 94 valence electrons. The van der Waals surface area contributed by atoms with Crippen molar-refractivity contribution in [2.75, 3.05) is 19.1 Å². The van der Waals surface area contributed by atoms with Gasteiger partial charge in [0.25, 0.3) is 6.20 Å². The second-order valence-electron chi connectivity index (χ2n) is 3.70. The van der Waals surface area contributed by atoms with E-state index < -0.39 is 5.90 Å². The summed E-state index contributed by atoms with van der Waals surface area (Å²) in [6.07, 6.45) is 1.49. The fourth-order valence-corrected chi connectivity index (χ4v) is 1.48. The molecule has 7 heteroatoms. The van der Waals surface area contributed by atoms with Crippen molar-refractivity contribution >= 4 is 23.4 Å². The van der Waals surface area contributed by atoms with Gasteiger partial charge < -0.3 is 5.11 Å². The first-order valence-corrected chi connectivity index (χ1v) is 5.52. The zero-order chi connectivity index (χ0) is 13.1. The molecule has 0 N–H and O–H groups in total. The molecule has 0 aliphatic rings. The van der Waals surface area contributed by atoms with E-state index in [1.54, 1.807) is 43.4 Å². The van der Waals surface area contributed by atoms with E-state index in [0.717, 1.165) is 0 Å². The van der Waals surface area contributed by atoms with Crippen LogP contribution in [0.4, 0.5) is 5.88 Å². The lowest BCUT2D eigenvalue weighted by Crippen LogP contribution is -2.53. The Kier molecular flexibility index (Phi) is 3.47. The van der Waals surface area contributed by atoms with Gasteiger partial charge in [-0.25, -0.2) is 4.99 Å². The molecular formula is C11H11ClN4O2. The number of halogens is 1. The van der Waals surface area contributed by atoms with Crippen LogP contribution in [0.1, 0.15) is 5.56 Å². The van der Waals surface area contributed by atoms with Crippen molar-refractivity contribution in [3.8, 4) is 0 Å². The van der Waals surface area contributed by atoms with Crippen LogP contribution in [-0.2, 0) is 0 Å². The van der Waals surface area contributed by atoms with Gasteiger partial charge in [-0.05, 0) is 6.07 Å². The van der Waals surface area contributed by atoms with E-state index in [2.05, 4.69) is 10.3 Å². The van der Waals surface area contributed by atoms with Crippen LogP contribution in [0.2, 0.25) is 5.02 Å². The first kappa shape index (κ1) is 12.4. The van der Waals surface area contributed by atoms with Gasteiger partial charge in [-0.3, -0.25) is 4.52 Å². The zero-order valence-corrected chi connectivity index (χ0v) is 10.6. The second-order valence-corrected chi connectivity index (χ2v) is 4.11. The highest BCUT2D eigenvalue weighted by Gasteiger charge is 2.12. The normalized spacial score (nSPS) is 11.6. The summed E-state index contributed by atoms with van der Waals surface area (Å²) in [5, 5.41) is 17.5. The Bertz CT molecular complexity index is 580. The summed E-state index contributed by atoms with van der Waals surface area (Å²) in [7, 11) is 3.56. The first-order valence-electron chi connectivity index (χ1n) is 5.15. The van der Waals surface area contributed by atoms with E-state index in [4.69, 9.17) is 16.1 Å². The Morgan fingerprint density at radius 1 is 1.44 bits per heavy atom. The number of rotatable bonds is 3. The maximum Gasteiger partial charge on any atom is 0.324 e. The molecule has 0 spiro atoms. The van der Waals surface area contributed by atoms with Crippen molar-refractivity contribution in [1.82, 2.24) is 5.27 Å². The molecule has 18 heavy (non-hydrogen) atoms. The van der Waals surface area contributed by atoms with Crippen LogP contribution in [0.5, 0.6) is 0 Å². The number of aliphatic imine (C=N–C) groups is 1. The Morgan fingerprint density at radius 2 is 2.17 bits per heavy atom. The van der Waals surface area contributed by atoms with Crippen LogP contribution in [0.15, 0.2) is 40.0 Å². The van der Waals surface area contributed by atoms with Gasteiger partial charge in [0.05, 0.1) is 18.9 Å². The quantitative estimate of drug-likeness (QED) is 0.454. The van der Waals surface area contributed by atoms with Gasteiger partial charge in [0.15, 0.2) is 0 Å². The SMILES string of the molecule is CN(C)[n+]1cc(N=C([O-])c2ccccc2Cl)on1. The molecule has 6 nitrogen and oxygen atoms in total. The summed E-state index contributed by atoms with van der Waals surface area (Å²) in [6, 6.07) is 6.69. The number of aromatic nitrogens is 2. The molecule has 1 heterocycles. The number of benzene rings is 1. The third-order valence-electron chi connectivity index (χ3n) is 2.17. The predicted octanol–water partition coefficient (Wildman–Crippen LogP) is 0.252. The summed E-state index contributed by atoms with van der Waals surface area (Å²) in [5.41, 5.74) is 0.326. The first-order chi connectivity index (χ1) is 8.58. The molecule has 0 amide bonds. The Labute approximate surface area is 109 Å². The van der Waals surface area contributed by atoms with Crippen LogP contribution in [0.25, 0.3) is 0 Å². The molecule has 2 rings (SSSR count). The summed E-state index contributed by atoms with van der Waals surface area (Å²) >= 11 is 5.90. The molecular weight excluding hydrogens is 256 g/mol. The average molecular weight is 267 g/mol. The van der Waals surface area contributed by atoms with Crippen molar-refractivity contribution in [2.24, 2.45) is 4.99 Å². The molecule has 0 aliphatic carbocycles. The van der Waals surface area contributed by atoms with Gasteiger partial charge >= 0.3 is 5.88 Å². The smallest absolute Gasteiger partial charge is 0.324 e. The molecule has 1 aromatic heterocycles. The van der Waals surface area contributed by atoms with Gasteiger partial charge in [-0.15, -0.1) is 0 Å². The van der Waals surface area contributed by atoms with Crippen molar-refractivity contribution in [3.05, 3.63) is 41.0 Å². The van der Waals surface area contributed by atoms with E-state index in [1.807, 2.05) is 0 Å². The maximum atomic E-state index is 11.9. The average Bonchev–Trinajstić information content (AvgIpc) is 2.78. The summed E-state index contributed by atoms with van der Waals surface area (Å²) in [6.45, 7) is 0. The van der Waals surface area contributed by atoms with Crippen LogP contribution in [0.3, 0.4) is 0 Å². The van der Waals surface area contributed by atoms with Crippen LogP contribution >= 0.6 is 11.6 Å². The number of hydrogen-bond donors (Lipinski definition) is 0. The molecule has 1 aromatic carbocycles. The fraction of sp³-hybridized carbons (Fsp3) is 0.182. The molecule has 2 aromatic rings. The lowest BCUT2D eigenvalue weighted by molar-refractivity contribution is -0.753. The Morgan fingerprint density at radius 3 is 2.78 bits per heavy atom. The van der Waals surface area contributed by atoms with Crippen molar-refractivity contribution in [1.29, 1.82) is 0 Å². The third-order valence-corrected chi connectivity index (χ3v) is 2.50. The largest absolute Gasteiger partial charge is 0.858 e. The van der Waals surface area contributed by atoms with E-state index in [0.29, 0.717) is 10.6 Å². The van der Waals surface area contributed by atoms with E-state index in [9.17, 15) is 5.11 Å². The van der Waals surface area contributed by atoms with Gasteiger partial charge in [-0.1, -0.05) is 29.8 Å². The van der Waals surface area contributed by atoms with Crippen molar-refractivity contribution < 1.29 is 14.4 Å². The van der Waals surface area contributed by atoms with Gasteiger partial charge in [0.1, 0.15) is 0 Å². The highest BCUT2D eigenvalue weighted by atomic mass is 35.5. The molecule has 0 bridgehead atoms. The highest BCUT2D eigenvalue weighted by Crippen LogP contribution is 2.16. The Hall–Kier alpha value is -2.08.